The van der Waals surface area contributed by atoms with Gasteiger partial charge in [0.25, 0.3) is 0 Å². The first kappa shape index (κ1) is 18.5. The topological polar surface area (TPSA) is 67.2 Å². The van der Waals surface area contributed by atoms with Crippen LogP contribution in [0.5, 0.6) is 0 Å². The molecular weight excluding hydrogens is 369 g/mol. The Bertz CT molecular complexity index is 784. The molecule has 0 unspecified atom stereocenters. The Morgan fingerprint density at radius 3 is 2.62 bits per heavy atom. The van der Waals surface area contributed by atoms with Crippen LogP contribution in [0.1, 0.15) is 27.6 Å². The number of benzene rings is 1. The Morgan fingerprint density at radius 1 is 1.29 bits per heavy atom. The molecule has 0 spiro atoms. The SMILES string of the molecule is COC(=O)[C@H](C#N)[C@H](CC(=O)c1cccs1)c1cccc(Cl)c1Cl. The number of hydrogen-bond acceptors (Lipinski definition) is 5. The zero-order chi connectivity index (χ0) is 17.7. The molecule has 0 bridgehead atoms. The lowest BCUT2D eigenvalue weighted by molar-refractivity contribution is -0.144. The first-order valence-corrected chi connectivity index (χ1v) is 8.61. The Labute approximate surface area is 153 Å². The zero-order valence-electron chi connectivity index (χ0n) is 12.7. The Kier molecular flexibility index (Phi) is 6.38. The molecule has 0 saturated heterocycles. The molecule has 1 aromatic heterocycles. The summed E-state index contributed by atoms with van der Waals surface area (Å²) >= 11 is 13.6. The Morgan fingerprint density at radius 2 is 2.04 bits per heavy atom. The number of nitrogens with zero attached hydrogens (tertiary/aromatic N) is 1. The zero-order valence-corrected chi connectivity index (χ0v) is 15.0. The maximum absolute atomic E-state index is 12.5. The van der Waals surface area contributed by atoms with Crippen LogP contribution in [0.4, 0.5) is 0 Å². The lowest BCUT2D eigenvalue weighted by Crippen LogP contribution is -2.24. The highest BCUT2D eigenvalue weighted by atomic mass is 35.5. The number of carbonyl (C=O) groups excluding carboxylic acids is 2. The van der Waals surface area contributed by atoms with E-state index in [4.69, 9.17) is 27.9 Å². The van der Waals surface area contributed by atoms with Gasteiger partial charge in [0.15, 0.2) is 11.7 Å². The van der Waals surface area contributed by atoms with Crippen LogP contribution in [0.25, 0.3) is 0 Å². The van der Waals surface area contributed by atoms with Crippen molar-refractivity contribution >= 4 is 46.3 Å². The van der Waals surface area contributed by atoms with Gasteiger partial charge >= 0.3 is 5.97 Å². The molecule has 4 nitrogen and oxygen atoms in total. The van der Waals surface area contributed by atoms with E-state index in [1.54, 1.807) is 35.7 Å². The predicted molar refractivity (Wildman–Crippen MR) is 93.6 cm³/mol. The van der Waals surface area contributed by atoms with Crippen LogP contribution in [0, 0.1) is 17.2 Å². The number of carbonyl (C=O) groups is 2. The minimum Gasteiger partial charge on any atom is -0.468 e. The lowest BCUT2D eigenvalue weighted by atomic mass is 9.82. The molecule has 2 atom stereocenters. The summed E-state index contributed by atoms with van der Waals surface area (Å²) in [6, 6.07) is 10.3. The van der Waals surface area contributed by atoms with Gasteiger partial charge in [0.1, 0.15) is 0 Å². The van der Waals surface area contributed by atoms with Gasteiger partial charge in [-0.2, -0.15) is 5.26 Å². The number of esters is 1. The number of ether oxygens (including phenoxy) is 1. The number of thiophene rings is 1. The molecule has 0 N–H and O–H groups in total. The maximum Gasteiger partial charge on any atom is 0.323 e. The summed E-state index contributed by atoms with van der Waals surface area (Å²) in [5, 5.41) is 11.7. The average Bonchev–Trinajstić information content (AvgIpc) is 3.11. The maximum atomic E-state index is 12.5. The molecule has 124 valence electrons. The van der Waals surface area contributed by atoms with Crippen molar-refractivity contribution in [2.24, 2.45) is 5.92 Å². The van der Waals surface area contributed by atoms with Gasteiger partial charge in [-0.05, 0) is 23.1 Å². The molecule has 2 aromatic rings. The van der Waals surface area contributed by atoms with E-state index in [9.17, 15) is 14.9 Å². The summed E-state index contributed by atoms with van der Waals surface area (Å²) in [7, 11) is 1.20. The summed E-state index contributed by atoms with van der Waals surface area (Å²) in [5.74, 6) is -2.79. The second-order valence-electron chi connectivity index (χ2n) is 4.98. The van der Waals surface area contributed by atoms with Crippen molar-refractivity contribution in [2.45, 2.75) is 12.3 Å². The molecule has 1 heterocycles. The van der Waals surface area contributed by atoms with Gasteiger partial charge in [-0.3, -0.25) is 9.59 Å². The first-order chi connectivity index (χ1) is 11.5. The van der Waals surface area contributed by atoms with Gasteiger partial charge in [-0.15, -0.1) is 11.3 Å². The van der Waals surface area contributed by atoms with E-state index in [0.29, 0.717) is 15.5 Å². The monoisotopic (exact) mass is 381 g/mol. The highest BCUT2D eigenvalue weighted by Gasteiger charge is 2.34. The standard InChI is InChI=1S/C17H13Cl2NO3S/c1-23-17(22)12(9-20)11(8-14(21)15-6-3-7-24-15)10-4-2-5-13(18)16(10)19/h2-7,11-12H,8H2,1H3/t11-,12-/m1/s1. The number of ketones is 1. The normalized spacial score (nSPS) is 12.9. The molecule has 24 heavy (non-hydrogen) atoms. The molecule has 0 aliphatic carbocycles. The fourth-order valence-corrected chi connectivity index (χ4v) is 3.51. The van der Waals surface area contributed by atoms with Crippen molar-refractivity contribution in [2.75, 3.05) is 7.11 Å². The molecule has 2 rings (SSSR count). The largest absolute Gasteiger partial charge is 0.468 e. The fourth-order valence-electron chi connectivity index (χ4n) is 2.39. The van der Waals surface area contributed by atoms with Gasteiger partial charge in [-0.25, -0.2) is 0 Å². The van der Waals surface area contributed by atoms with Crippen molar-refractivity contribution in [1.29, 1.82) is 5.26 Å². The third kappa shape index (κ3) is 3.96. The van der Waals surface area contributed by atoms with Gasteiger partial charge in [0, 0.05) is 12.3 Å². The van der Waals surface area contributed by atoms with E-state index >= 15 is 0 Å². The van der Waals surface area contributed by atoms with Crippen LogP contribution in [-0.4, -0.2) is 18.9 Å². The highest BCUT2D eigenvalue weighted by Crippen LogP contribution is 2.38. The average molecular weight is 382 g/mol. The van der Waals surface area contributed by atoms with Crippen LogP contribution < -0.4 is 0 Å². The summed E-state index contributed by atoms with van der Waals surface area (Å²) in [6.45, 7) is 0. The highest BCUT2D eigenvalue weighted by molar-refractivity contribution is 7.12. The molecule has 7 heteroatoms. The van der Waals surface area contributed by atoms with Crippen molar-refractivity contribution in [1.82, 2.24) is 0 Å². The van der Waals surface area contributed by atoms with Crippen molar-refractivity contribution in [3.63, 3.8) is 0 Å². The lowest BCUT2D eigenvalue weighted by Gasteiger charge is -2.21. The van der Waals surface area contributed by atoms with Crippen molar-refractivity contribution in [3.05, 3.63) is 56.2 Å². The van der Waals surface area contributed by atoms with Gasteiger partial charge in [-0.1, -0.05) is 41.4 Å². The quantitative estimate of drug-likeness (QED) is 0.535. The number of Topliss-reactive ketones (excluding diaryl/α,β-unsaturated/α-hetero) is 1. The van der Waals surface area contributed by atoms with Crippen molar-refractivity contribution in [3.8, 4) is 6.07 Å². The number of rotatable bonds is 6. The minimum atomic E-state index is -1.16. The summed E-state index contributed by atoms with van der Waals surface area (Å²) < 4.78 is 4.70. The number of nitriles is 1. The molecule has 0 aliphatic rings. The number of halogens is 2. The molecular formula is C17H13Cl2NO3S. The number of methoxy groups -OCH3 is 1. The third-order valence-electron chi connectivity index (χ3n) is 3.58. The minimum absolute atomic E-state index is 0.0477. The molecule has 0 aliphatic heterocycles. The molecule has 0 fully saturated rings. The van der Waals surface area contributed by atoms with E-state index in [1.807, 2.05) is 6.07 Å². The van der Waals surface area contributed by atoms with E-state index in [1.165, 1.54) is 18.4 Å². The molecule has 1 aromatic carbocycles. The van der Waals surface area contributed by atoms with Crippen LogP contribution >= 0.6 is 34.5 Å². The van der Waals surface area contributed by atoms with Crippen LogP contribution in [0.15, 0.2) is 35.7 Å². The first-order valence-electron chi connectivity index (χ1n) is 6.97. The third-order valence-corrected chi connectivity index (χ3v) is 5.32. The van der Waals surface area contributed by atoms with Crippen LogP contribution in [-0.2, 0) is 9.53 Å². The van der Waals surface area contributed by atoms with Gasteiger partial charge in [0.05, 0.1) is 28.1 Å². The van der Waals surface area contributed by atoms with E-state index < -0.39 is 17.8 Å². The predicted octanol–water partition coefficient (Wildman–Crippen LogP) is 4.72. The van der Waals surface area contributed by atoms with Crippen molar-refractivity contribution < 1.29 is 14.3 Å². The van der Waals surface area contributed by atoms with E-state index in [2.05, 4.69) is 0 Å². The second-order valence-corrected chi connectivity index (χ2v) is 6.72. The summed E-state index contributed by atoms with van der Waals surface area (Å²) in [5.41, 5.74) is 0.478. The summed E-state index contributed by atoms with van der Waals surface area (Å²) in [4.78, 5) is 25.0. The van der Waals surface area contributed by atoms with Crippen LogP contribution in [0.2, 0.25) is 10.0 Å². The molecule has 0 radical (unpaired) electrons. The molecule has 0 amide bonds. The fraction of sp³-hybridized carbons (Fsp3) is 0.235. The van der Waals surface area contributed by atoms with Crippen LogP contribution in [0.3, 0.4) is 0 Å². The van der Waals surface area contributed by atoms with E-state index in [0.717, 1.165) is 0 Å². The molecule has 0 saturated carbocycles. The Balaban J connectivity index is 2.45. The second kappa shape index (κ2) is 8.29. The number of hydrogen-bond donors (Lipinski definition) is 0. The Hall–Kier alpha value is -1.87. The summed E-state index contributed by atoms with van der Waals surface area (Å²) in [6.07, 6.45) is -0.0477. The van der Waals surface area contributed by atoms with E-state index in [-0.39, 0.29) is 17.2 Å². The van der Waals surface area contributed by atoms with Gasteiger partial charge < -0.3 is 4.74 Å². The smallest absolute Gasteiger partial charge is 0.323 e. The van der Waals surface area contributed by atoms with Gasteiger partial charge in [0.2, 0.25) is 0 Å².